The number of rotatable bonds is 6. The molecule has 0 spiro atoms. The van der Waals surface area contributed by atoms with Crippen LogP contribution in [0.3, 0.4) is 0 Å². The first-order valence-corrected chi connectivity index (χ1v) is 7.04. The molecular formula is C17H20N2O2. The zero-order chi connectivity index (χ0) is 15.1. The topological polar surface area (TPSA) is 65.2 Å². The zero-order valence-electron chi connectivity index (χ0n) is 12.2. The van der Waals surface area contributed by atoms with Crippen LogP contribution >= 0.6 is 0 Å². The average Bonchev–Trinajstić information content (AvgIpc) is 2.54. The van der Waals surface area contributed by atoms with Gasteiger partial charge < -0.3 is 10.5 Å². The van der Waals surface area contributed by atoms with Gasteiger partial charge >= 0.3 is 5.97 Å². The number of hydrogen-bond acceptors (Lipinski definition) is 4. The first-order valence-electron chi connectivity index (χ1n) is 7.04. The Balaban J connectivity index is 2.44. The van der Waals surface area contributed by atoms with Crippen LogP contribution in [0.2, 0.25) is 0 Å². The van der Waals surface area contributed by atoms with Gasteiger partial charge in [-0.2, -0.15) is 0 Å². The molecule has 110 valence electrons. The number of aromatic nitrogens is 1. The van der Waals surface area contributed by atoms with Crippen molar-refractivity contribution in [2.45, 2.75) is 18.8 Å². The van der Waals surface area contributed by atoms with E-state index in [0.717, 1.165) is 11.1 Å². The molecule has 0 aliphatic carbocycles. The highest BCUT2D eigenvalue weighted by Gasteiger charge is 2.40. The van der Waals surface area contributed by atoms with Gasteiger partial charge in [-0.1, -0.05) is 36.4 Å². The highest BCUT2D eigenvalue weighted by molar-refractivity contribution is 5.84. The number of nitrogens with zero attached hydrogens (tertiary/aromatic N) is 1. The molecule has 0 fully saturated rings. The maximum absolute atomic E-state index is 12.6. The molecule has 21 heavy (non-hydrogen) atoms. The fraction of sp³-hybridized carbons (Fsp3) is 0.294. The Kier molecular flexibility index (Phi) is 5.06. The molecule has 0 amide bonds. The van der Waals surface area contributed by atoms with Gasteiger partial charge in [0.2, 0.25) is 0 Å². The van der Waals surface area contributed by atoms with Crippen LogP contribution in [0.5, 0.6) is 0 Å². The Morgan fingerprint density at radius 1 is 1.24 bits per heavy atom. The average molecular weight is 284 g/mol. The van der Waals surface area contributed by atoms with Crippen LogP contribution in [-0.4, -0.2) is 24.1 Å². The number of pyridine rings is 1. The third kappa shape index (κ3) is 3.28. The van der Waals surface area contributed by atoms with Crippen LogP contribution < -0.4 is 5.73 Å². The second-order valence-electron chi connectivity index (χ2n) is 4.91. The van der Waals surface area contributed by atoms with Gasteiger partial charge in [0.05, 0.1) is 6.61 Å². The van der Waals surface area contributed by atoms with E-state index in [4.69, 9.17) is 10.5 Å². The van der Waals surface area contributed by atoms with Crippen LogP contribution in [0, 0.1) is 0 Å². The molecule has 0 aliphatic rings. The first kappa shape index (κ1) is 15.2. The minimum Gasteiger partial charge on any atom is -0.465 e. The van der Waals surface area contributed by atoms with E-state index in [2.05, 4.69) is 4.98 Å². The Hall–Kier alpha value is -2.20. The summed E-state index contributed by atoms with van der Waals surface area (Å²) in [4.78, 5) is 16.7. The Morgan fingerprint density at radius 2 is 2.00 bits per heavy atom. The predicted molar refractivity (Wildman–Crippen MR) is 81.7 cm³/mol. The third-order valence-corrected chi connectivity index (χ3v) is 3.57. The van der Waals surface area contributed by atoms with Crippen molar-refractivity contribution in [2.24, 2.45) is 5.73 Å². The Bertz CT molecular complexity index is 572. The fourth-order valence-corrected chi connectivity index (χ4v) is 2.44. The number of carbonyl (C=O) groups excluding carboxylic acids is 1. The summed E-state index contributed by atoms with van der Waals surface area (Å²) in [5, 5.41) is 0. The monoisotopic (exact) mass is 284 g/mol. The number of carbonyl (C=O) groups is 1. The van der Waals surface area contributed by atoms with Crippen molar-refractivity contribution in [1.29, 1.82) is 0 Å². The standard InChI is InChI=1S/C17H20N2O2/c1-2-21-16(20)17(13-18,15-8-4-3-5-9-15)11-14-7-6-10-19-12-14/h3-10,12H,2,11,13,18H2,1H3. The normalized spacial score (nSPS) is 13.4. The highest BCUT2D eigenvalue weighted by atomic mass is 16.5. The molecule has 1 unspecified atom stereocenters. The van der Waals surface area contributed by atoms with E-state index in [0.29, 0.717) is 13.0 Å². The van der Waals surface area contributed by atoms with Gasteiger partial charge in [0.1, 0.15) is 5.41 Å². The minimum atomic E-state index is -0.875. The summed E-state index contributed by atoms with van der Waals surface area (Å²) < 4.78 is 5.29. The van der Waals surface area contributed by atoms with Gasteiger partial charge in [0, 0.05) is 18.9 Å². The first-order chi connectivity index (χ1) is 10.2. The summed E-state index contributed by atoms with van der Waals surface area (Å²) in [6.07, 6.45) is 3.94. The molecule has 4 heteroatoms. The molecule has 2 rings (SSSR count). The van der Waals surface area contributed by atoms with E-state index in [9.17, 15) is 4.79 Å². The molecule has 0 saturated carbocycles. The molecule has 2 aromatic rings. The van der Waals surface area contributed by atoms with E-state index in [1.54, 1.807) is 19.3 Å². The van der Waals surface area contributed by atoms with Crippen LogP contribution in [0.1, 0.15) is 18.1 Å². The molecular weight excluding hydrogens is 264 g/mol. The van der Waals surface area contributed by atoms with Crippen LogP contribution in [-0.2, 0) is 21.4 Å². The maximum atomic E-state index is 12.6. The largest absolute Gasteiger partial charge is 0.465 e. The molecule has 1 heterocycles. The fourth-order valence-electron chi connectivity index (χ4n) is 2.44. The molecule has 0 bridgehead atoms. The third-order valence-electron chi connectivity index (χ3n) is 3.57. The van der Waals surface area contributed by atoms with Crippen molar-refractivity contribution >= 4 is 5.97 Å². The van der Waals surface area contributed by atoms with E-state index >= 15 is 0 Å². The highest BCUT2D eigenvalue weighted by Crippen LogP contribution is 2.29. The van der Waals surface area contributed by atoms with E-state index < -0.39 is 5.41 Å². The number of hydrogen-bond donors (Lipinski definition) is 1. The lowest BCUT2D eigenvalue weighted by Crippen LogP contribution is -2.46. The molecule has 0 radical (unpaired) electrons. The van der Waals surface area contributed by atoms with Crippen molar-refractivity contribution in [3.63, 3.8) is 0 Å². The SMILES string of the molecule is CCOC(=O)C(CN)(Cc1cccnc1)c1ccccc1. The summed E-state index contributed by atoms with van der Waals surface area (Å²) >= 11 is 0. The molecule has 0 aliphatic heterocycles. The lowest BCUT2D eigenvalue weighted by atomic mass is 9.75. The van der Waals surface area contributed by atoms with E-state index in [1.165, 1.54) is 0 Å². The second kappa shape index (κ2) is 6.99. The Morgan fingerprint density at radius 3 is 2.57 bits per heavy atom. The summed E-state index contributed by atoms with van der Waals surface area (Å²) in [7, 11) is 0. The summed E-state index contributed by atoms with van der Waals surface area (Å²) in [5.74, 6) is -0.289. The minimum absolute atomic E-state index is 0.185. The van der Waals surface area contributed by atoms with Gasteiger partial charge in [-0.3, -0.25) is 9.78 Å². The zero-order valence-corrected chi connectivity index (χ0v) is 12.2. The van der Waals surface area contributed by atoms with Crippen molar-refractivity contribution < 1.29 is 9.53 Å². The van der Waals surface area contributed by atoms with E-state index in [1.807, 2.05) is 42.5 Å². The van der Waals surface area contributed by atoms with Crippen LogP contribution in [0.4, 0.5) is 0 Å². The smallest absolute Gasteiger partial charge is 0.318 e. The van der Waals surface area contributed by atoms with Crippen molar-refractivity contribution in [3.05, 3.63) is 66.0 Å². The van der Waals surface area contributed by atoms with Crippen molar-refractivity contribution in [1.82, 2.24) is 4.98 Å². The molecule has 1 atom stereocenters. The van der Waals surface area contributed by atoms with E-state index in [-0.39, 0.29) is 12.5 Å². The lowest BCUT2D eigenvalue weighted by molar-refractivity contribution is -0.149. The van der Waals surface area contributed by atoms with Crippen LogP contribution in [0.15, 0.2) is 54.9 Å². The summed E-state index contributed by atoms with van der Waals surface area (Å²) in [5.41, 5.74) is 6.95. The number of ether oxygens (including phenoxy) is 1. The van der Waals surface area contributed by atoms with Gasteiger partial charge in [0.25, 0.3) is 0 Å². The summed E-state index contributed by atoms with van der Waals surface area (Å²) in [6, 6.07) is 13.4. The van der Waals surface area contributed by atoms with Gasteiger partial charge in [-0.05, 0) is 30.5 Å². The van der Waals surface area contributed by atoms with Crippen molar-refractivity contribution in [3.8, 4) is 0 Å². The molecule has 4 nitrogen and oxygen atoms in total. The summed E-state index contributed by atoms with van der Waals surface area (Å²) in [6.45, 7) is 2.32. The molecule has 2 N–H and O–H groups in total. The van der Waals surface area contributed by atoms with Crippen LogP contribution in [0.25, 0.3) is 0 Å². The van der Waals surface area contributed by atoms with Gasteiger partial charge in [-0.25, -0.2) is 0 Å². The quantitative estimate of drug-likeness (QED) is 0.825. The lowest BCUT2D eigenvalue weighted by Gasteiger charge is -2.30. The van der Waals surface area contributed by atoms with Gasteiger partial charge in [0.15, 0.2) is 0 Å². The predicted octanol–water partition coefficient (Wildman–Crippen LogP) is 2.08. The number of nitrogens with two attached hydrogens (primary N) is 1. The number of esters is 1. The molecule has 0 saturated heterocycles. The van der Waals surface area contributed by atoms with Gasteiger partial charge in [-0.15, -0.1) is 0 Å². The second-order valence-corrected chi connectivity index (χ2v) is 4.91. The maximum Gasteiger partial charge on any atom is 0.318 e. The molecule has 1 aromatic carbocycles. The number of benzene rings is 1. The van der Waals surface area contributed by atoms with Crippen molar-refractivity contribution in [2.75, 3.05) is 13.2 Å². The Labute approximate surface area is 125 Å². The molecule has 1 aromatic heterocycles.